The van der Waals surface area contributed by atoms with Gasteiger partial charge in [0, 0.05) is 43.5 Å². The van der Waals surface area contributed by atoms with E-state index in [0.29, 0.717) is 59.0 Å². The van der Waals surface area contributed by atoms with Crippen molar-refractivity contribution in [1.82, 2.24) is 58.6 Å². The predicted octanol–water partition coefficient (Wildman–Crippen LogP) is 11.7. The molecule has 1 aliphatic rings. The maximum Gasteiger partial charge on any atom is 0.323 e. The smallest absolute Gasteiger partial charge is 0.323 e. The van der Waals surface area contributed by atoms with Crippen LogP contribution in [0.1, 0.15) is 102 Å². The van der Waals surface area contributed by atoms with Crippen LogP contribution >= 0.6 is 0 Å². The number of hydrogen-bond acceptors (Lipinski definition) is 22. The number of non-ortho nitro benzene ring substituents is 2. The average Bonchev–Trinajstić information content (AvgIpc) is 1.80. The minimum Gasteiger partial charge on any atom is -0.480 e. The molecule has 30 heteroatoms. The summed E-state index contributed by atoms with van der Waals surface area (Å²) in [5.74, 6) is -0.156. The topological polar surface area (TPSA) is 396 Å². The van der Waals surface area contributed by atoms with Crippen molar-refractivity contribution in [2.24, 2.45) is 0 Å². The number of benzene rings is 4. The average molecular weight is 1260 g/mol. The van der Waals surface area contributed by atoms with Crippen molar-refractivity contribution in [3.05, 3.63) is 153 Å². The third-order valence-electron chi connectivity index (χ3n) is 14.4. The largest absolute Gasteiger partial charge is 0.480 e. The van der Waals surface area contributed by atoms with Gasteiger partial charge in [-0.2, -0.15) is 29.9 Å². The van der Waals surface area contributed by atoms with Gasteiger partial charge in [-0.15, -0.1) is 0 Å². The summed E-state index contributed by atoms with van der Waals surface area (Å²) in [6, 6.07) is 29.4. The number of ether oxygens (including phenoxy) is 2. The van der Waals surface area contributed by atoms with Crippen molar-refractivity contribution in [2.75, 3.05) is 34.4 Å². The molecule has 0 spiro atoms. The molecule has 0 unspecified atom stereocenters. The molecule has 10 aromatic rings. The van der Waals surface area contributed by atoms with Crippen LogP contribution in [-0.2, 0) is 40.6 Å². The molecule has 6 heterocycles. The van der Waals surface area contributed by atoms with E-state index in [-0.39, 0.29) is 71.4 Å². The Kier molecular flexibility index (Phi) is 22.3. The first-order valence-corrected chi connectivity index (χ1v) is 29.9. The van der Waals surface area contributed by atoms with E-state index in [9.17, 15) is 39.7 Å². The van der Waals surface area contributed by atoms with E-state index in [0.717, 1.165) is 56.3 Å². The molecule has 1 aliphatic carbocycles. The third-order valence-corrected chi connectivity index (χ3v) is 14.4. The lowest BCUT2D eigenvalue weighted by atomic mass is 9.84. The molecule has 0 atom stereocenters. The molecule has 1 saturated carbocycles. The summed E-state index contributed by atoms with van der Waals surface area (Å²) in [6.45, 7) is 5.26. The van der Waals surface area contributed by atoms with Crippen molar-refractivity contribution in [3.8, 4) is 23.3 Å². The summed E-state index contributed by atoms with van der Waals surface area (Å²) in [4.78, 5) is 93.8. The van der Waals surface area contributed by atoms with Gasteiger partial charge >= 0.3 is 17.9 Å². The summed E-state index contributed by atoms with van der Waals surface area (Å²) in [5, 5.41) is 62.1. The quantitative estimate of drug-likeness (QED) is 0.0136. The Balaban J connectivity index is 0.000000166. The summed E-state index contributed by atoms with van der Waals surface area (Å²) in [7, 11) is 0. The van der Waals surface area contributed by atoms with Crippen molar-refractivity contribution in [2.45, 2.75) is 117 Å². The zero-order chi connectivity index (χ0) is 64.9. The number of hydrogen-bond donors (Lipinski definition) is 7. The highest BCUT2D eigenvalue weighted by Gasteiger charge is 2.22. The van der Waals surface area contributed by atoms with E-state index >= 15 is 0 Å². The van der Waals surface area contributed by atoms with Gasteiger partial charge < -0.3 is 59.8 Å². The molecular weight excluding hydrogens is 1190 g/mol. The van der Waals surface area contributed by atoms with Gasteiger partial charge in [0.05, 0.1) is 34.9 Å². The highest BCUT2D eigenvalue weighted by Crippen LogP contribution is 2.34. The summed E-state index contributed by atoms with van der Waals surface area (Å²) in [5.41, 5.74) is 5.26. The fraction of sp³-hybridized carbons (Fsp3) is 0.323. The van der Waals surface area contributed by atoms with Gasteiger partial charge in [-0.1, -0.05) is 107 Å². The molecule has 0 radical (unpaired) electrons. The number of nitro benzene ring substituents is 2. The normalized spacial score (nSPS) is 12.1. The number of nitrogens with zero attached hydrogens (tertiary/aromatic N) is 14. The van der Waals surface area contributed by atoms with E-state index in [4.69, 9.17) is 19.7 Å². The highest BCUT2D eigenvalue weighted by molar-refractivity contribution is 5.87. The number of unbranched alkanes of at least 4 members (excludes halogenated alkanes) is 4. The lowest BCUT2D eigenvalue weighted by Crippen LogP contribution is -2.11. The van der Waals surface area contributed by atoms with Crippen LogP contribution in [0, 0.1) is 20.2 Å². The number of carboxylic acid groups (broad SMARTS) is 3. The Hall–Kier alpha value is -11.5. The highest BCUT2D eigenvalue weighted by atomic mass is 16.6. The molecule has 0 bridgehead atoms. The van der Waals surface area contributed by atoms with E-state index in [1.54, 1.807) is 6.07 Å². The van der Waals surface area contributed by atoms with Crippen LogP contribution in [0.25, 0.3) is 33.5 Å². The summed E-state index contributed by atoms with van der Waals surface area (Å²) < 4.78 is 15.9. The van der Waals surface area contributed by atoms with Gasteiger partial charge in [-0.25, -0.2) is 15.0 Å². The van der Waals surface area contributed by atoms with E-state index < -0.39 is 27.8 Å². The van der Waals surface area contributed by atoms with Crippen LogP contribution in [0.15, 0.2) is 122 Å². The Morgan fingerprint density at radius 2 is 1.04 bits per heavy atom. The first kappa shape index (κ1) is 65.0. The summed E-state index contributed by atoms with van der Waals surface area (Å²) >= 11 is 0. The molecule has 478 valence electrons. The maximum atomic E-state index is 11.3. The fourth-order valence-electron chi connectivity index (χ4n) is 9.88. The number of imidazole rings is 3. The van der Waals surface area contributed by atoms with Crippen molar-refractivity contribution < 1.29 is 49.0 Å². The molecule has 7 N–H and O–H groups in total. The lowest BCUT2D eigenvalue weighted by Gasteiger charge is -2.22. The summed E-state index contributed by atoms with van der Waals surface area (Å²) in [6.07, 6.45) is 16.9. The second-order valence-corrected chi connectivity index (χ2v) is 21.3. The zero-order valence-corrected chi connectivity index (χ0v) is 50.4. The predicted molar refractivity (Wildman–Crippen MR) is 341 cm³/mol. The second kappa shape index (κ2) is 31.6. The Morgan fingerprint density at radius 1 is 0.543 bits per heavy atom. The molecule has 11 rings (SSSR count). The van der Waals surface area contributed by atoms with Gasteiger partial charge in [-0.3, -0.25) is 34.6 Å². The number of fused-ring (bicyclic) bond motifs is 3. The number of nitro groups is 2. The standard InChI is InChI=1S/C26H26N6O5.C18H20N6O5.C18H22N6O2/c33-22(34)15-31-16-28-23-24(31)29-26(30-25(23)37-21-12-10-20(11-13-21)32(35)36)27-14-17-6-8-19(9-7-17)18-4-2-1-3-5-18;1-2-3-4-8-19-18-21-16-15(20-11-23(16)10-14(25)26)17(22-18)29-13-7-5-6-12(9-13)24(27)28;1-2-3-7-10-19-18-22-16(21-13-8-5-4-6-9-13)15-17(23-18)24(12-20-15)11-14(25)26/h6-13,16,18H,1-5,14-15H2,(H,33,34)(H,27,29,30);5-7,9,11H,2-4,8,10H2,1H3,(H,25,26)(H,19,21,22);4-6,8-9,12H,2-3,7,10-11H2,1H3,(H,25,26)(H2,19,21,22,23). The number of aliphatic carboxylic acids is 3. The van der Waals surface area contributed by atoms with Gasteiger partial charge in [0.2, 0.25) is 17.8 Å². The monoisotopic (exact) mass is 1260 g/mol. The molecule has 0 saturated heterocycles. The van der Waals surface area contributed by atoms with Crippen molar-refractivity contribution in [1.29, 1.82) is 0 Å². The molecule has 0 amide bonds. The first-order valence-electron chi connectivity index (χ1n) is 29.9. The van der Waals surface area contributed by atoms with Gasteiger partial charge in [0.1, 0.15) is 31.1 Å². The number of nitrogens with one attached hydrogen (secondary N) is 4. The van der Waals surface area contributed by atoms with Crippen LogP contribution in [0.3, 0.4) is 0 Å². The maximum absolute atomic E-state index is 11.3. The fourth-order valence-corrected chi connectivity index (χ4v) is 9.88. The van der Waals surface area contributed by atoms with Crippen molar-refractivity contribution in [3.63, 3.8) is 0 Å². The Bertz CT molecular complexity index is 4160. The van der Waals surface area contributed by atoms with Crippen LogP contribution in [0.2, 0.25) is 0 Å². The second-order valence-electron chi connectivity index (χ2n) is 21.3. The van der Waals surface area contributed by atoms with E-state index in [1.807, 2.05) is 30.3 Å². The first-order chi connectivity index (χ1) is 44.6. The minimum absolute atomic E-state index is 0.0669. The zero-order valence-electron chi connectivity index (χ0n) is 50.4. The lowest BCUT2D eigenvalue weighted by molar-refractivity contribution is -0.385. The Morgan fingerprint density at radius 3 is 1.57 bits per heavy atom. The van der Waals surface area contributed by atoms with Crippen molar-refractivity contribution >= 4 is 92.1 Å². The Labute approximate surface area is 525 Å². The number of anilines is 5. The van der Waals surface area contributed by atoms with Crippen LogP contribution in [0.5, 0.6) is 23.3 Å². The SMILES string of the molecule is CCCCCNc1nc(Nc2ccccc2)c2ncn(CC(=O)O)c2n1.CCCCCNc1nc(Oc2cccc([N+](=O)[O-])c2)c2ncn(CC(=O)O)c2n1.O=C(O)Cn1cnc2c(Oc3ccc([N+](=O)[O-])cc3)nc(NCc3ccc(C4CCCCC4)cc3)nc21. The molecule has 30 nitrogen and oxygen atoms in total. The number of aromatic nitrogens is 12. The number of carboxylic acids is 3. The molecule has 4 aromatic carbocycles. The molecular formula is C62H68N18O12. The van der Waals surface area contributed by atoms with Gasteiger partial charge in [0.15, 0.2) is 39.3 Å². The van der Waals surface area contributed by atoms with E-state index in [1.165, 1.54) is 113 Å². The number of carbonyl (C=O) groups is 3. The van der Waals surface area contributed by atoms with Gasteiger partial charge in [0.25, 0.3) is 23.1 Å². The molecule has 0 aliphatic heterocycles. The van der Waals surface area contributed by atoms with Crippen LogP contribution < -0.4 is 30.7 Å². The third kappa shape index (κ3) is 17.9. The van der Waals surface area contributed by atoms with E-state index in [2.05, 4.69) is 104 Å². The minimum atomic E-state index is -1.04. The molecule has 92 heavy (non-hydrogen) atoms. The van der Waals surface area contributed by atoms with Crippen LogP contribution in [0.4, 0.5) is 40.7 Å². The van der Waals surface area contributed by atoms with Crippen LogP contribution in [-0.4, -0.2) is 115 Å². The van der Waals surface area contributed by atoms with Gasteiger partial charge in [-0.05, 0) is 73.1 Å². The molecule has 1 fully saturated rings. The number of para-hydroxylation sites is 1. The molecule has 6 aromatic heterocycles. The number of rotatable bonds is 28.